The van der Waals surface area contributed by atoms with E-state index in [-0.39, 0.29) is 6.61 Å². The molecule has 0 atom stereocenters. The van der Waals surface area contributed by atoms with E-state index in [1.54, 1.807) is 11.3 Å². The molecule has 0 saturated heterocycles. The lowest BCUT2D eigenvalue weighted by Crippen LogP contribution is -2.15. The molecular formula is C8H12BrNOS. The molecule has 0 aromatic carbocycles. The molecule has 0 saturated carbocycles. The van der Waals surface area contributed by atoms with Crippen molar-refractivity contribution in [3.05, 3.63) is 20.8 Å². The molecule has 0 unspecified atom stereocenters. The number of hydrogen-bond acceptors (Lipinski definition) is 3. The van der Waals surface area contributed by atoms with Crippen molar-refractivity contribution < 1.29 is 5.11 Å². The Labute approximate surface area is 84.7 Å². The summed E-state index contributed by atoms with van der Waals surface area (Å²) in [6.07, 6.45) is 0.825. The van der Waals surface area contributed by atoms with Gasteiger partial charge in [-0.1, -0.05) is 0 Å². The molecule has 0 amide bonds. The molecule has 1 heterocycles. The molecule has 2 nitrogen and oxygen atoms in total. The van der Waals surface area contributed by atoms with E-state index in [4.69, 9.17) is 5.11 Å². The monoisotopic (exact) mass is 249 g/mol. The Hall–Kier alpha value is 0.100. The van der Waals surface area contributed by atoms with E-state index >= 15 is 0 Å². The third-order valence-corrected chi connectivity index (χ3v) is 3.02. The second kappa shape index (κ2) is 5.70. The van der Waals surface area contributed by atoms with Crippen LogP contribution < -0.4 is 5.32 Å². The molecule has 0 aliphatic heterocycles. The van der Waals surface area contributed by atoms with E-state index in [9.17, 15) is 0 Å². The molecular weight excluding hydrogens is 238 g/mol. The number of nitrogens with one attached hydrogen (secondary N) is 1. The first-order valence-electron chi connectivity index (χ1n) is 3.87. The lowest BCUT2D eigenvalue weighted by Gasteiger charge is -1.99. The zero-order valence-corrected chi connectivity index (χ0v) is 9.12. The van der Waals surface area contributed by atoms with Crippen molar-refractivity contribution in [1.82, 2.24) is 5.32 Å². The first-order chi connectivity index (χ1) is 5.83. The van der Waals surface area contributed by atoms with Crippen molar-refractivity contribution in [2.75, 3.05) is 13.2 Å². The summed E-state index contributed by atoms with van der Waals surface area (Å²) in [5.74, 6) is 0. The van der Waals surface area contributed by atoms with Gasteiger partial charge in [0.1, 0.15) is 0 Å². The van der Waals surface area contributed by atoms with E-state index in [1.807, 2.05) is 0 Å². The lowest BCUT2D eigenvalue weighted by molar-refractivity contribution is 0.286. The van der Waals surface area contributed by atoms with Crippen LogP contribution in [0, 0.1) is 0 Å². The first kappa shape index (κ1) is 10.2. The van der Waals surface area contributed by atoms with Crippen LogP contribution in [-0.2, 0) is 6.54 Å². The normalized spacial score (nSPS) is 10.5. The molecule has 0 aliphatic carbocycles. The Balaban J connectivity index is 2.15. The number of hydrogen-bond donors (Lipinski definition) is 2. The van der Waals surface area contributed by atoms with Crippen molar-refractivity contribution in [2.45, 2.75) is 13.0 Å². The third kappa shape index (κ3) is 3.67. The number of rotatable bonds is 5. The molecule has 2 N–H and O–H groups in total. The maximum atomic E-state index is 8.52. The number of halogens is 1. The number of aliphatic hydroxyl groups is 1. The summed E-state index contributed by atoms with van der Waals surface area (Å²) in [6, 6.07) is 2.11. The summed E-state index contributed by atoms with van der Waals surface area (Å²) in [5, 5.41) is 13.9. The van der Waals surface area contributed by atoms with Gasteiger partial charge in [-0.25, -0.2) is 0 Å². The van der Waals surface area contributed by atoms with E-state index < -0.39 is 0 Å². The standard InChI is InChI=1S/C8H12BrNOS/c9-8-4-7(6-12-8)5-10-2-1-3-11/h4,6,10-11H,1-3,5H2. The van der Waals surface area contributed by atoms with Crippen molar-refractivity contribution >= 4 is 27.3 Å². The molecule has 0 aliphatic rings. The van der Waals surface area contributed by atoms with Gasteiger partial charge in [0.2, 0.25) is 0 Å². The Kier molecular flexibility index (Phi) is 4.83. The van der Waals surface area contributed by atoms with Crippen LogP contribution in [0.4, 0.5) is 0 Å². The van der Waals surface area contributed by atoms with E-state index in [0.29, 0.717) is 0 Å². The lowest BCUT2D eigenvalue weighted by atomic mass is 10.3. The summed E-state index contributed by atoms with van der Waals surface area (Å²) >= 11 is 5.10. The van der Waals surface area contributed by atoms with Crippen LogP contribution in [0.2, 0.25) is 0 Å². The predicted octanol–water partition coefficient (Wildman–Crippen LogP) is 1.98. The Morgan fingerprint density at radius 2 is 2.42 bits per heavy atom. The number of thiophene rings is 1. The molecule has 4 heteroatoms. The second-order valence-corrected chi connectivity index (χ2v) is 4.80. The Bertz CT molecular complexity index is 227. The van der Waals surface area contributed by atoms with Gasteiger partial charge in [-0.3, -0.25) is 0 Å². The van der Waals surface area contributed by atoms with Gasteiger partial charge in [-0.2, -0.15) is 0 Å². The van der Waals surface area contributed by atoms with Crippen LogP contribution in [0.1, 0.15) is 12.0 Å². The Morgan fingerprint density at radius 3 is 3.00 bits per heavy atom. The summed E-state index contributed by atoms with van der Waals surface area (Å²) in [5.41, 5.74) is 1.30. The van der Waals surface area contributed by atoms with Crippen molar-refractivity contribution in [3.63, 3.8) is 0 Å². The Morgan fingerprint density at radius 1 is 1.58 bits per heavy atom. The summed E-state index contributed by atoms with van der Waals surface area (Å²) in [7, 11) is 0. The highest BCUT2D eigenvalue weighted by Crippen LogP contribution is 2.20. The van der Waals surface area contributed by atoms with Crippen molar-refractivity contribution in [3.8, 4) is 0 Å². The van der Waals surface area contributed by atoms with Gasteiger partial charge in [0.15, 0.2) is 0 Å². The minimum atomic E-state index is 0.264. The van der Waals surface area contributed by atoms with E-state index in [1.165, 1.54) is 9.35 Å². The minimum absolute atomic E-state index is 0.264. The maximum Gasteiger partial charge on any atom is 0.0701 e. The largest absolute Gasteiger partial charge is 0.396 e. The van der Waals surface area contributed by atoms with Gasteiger partial charge >= 0.3 is 0 Å². The average molecular weight is 250 g/mol. The molecule has 0 radical (unpaired) electrons. The summed E-state index contributed by atoms with van der Waals surface area (Å²) in [6.45, 7) is 2.03. The molecule has 0 spiro atoms. The first-order valence-corrected chi connectivity index (χ1v) is 5.54. The summed E-state index contributed by atoms with van der Waals surface area (Å²) < 4.78 is 1.17. The zero-order valence-electron chi connectivity index (χ0n) is 6.72. The molecule has 0 bridgehead atoms. The summed E-state index contributed by atoms with van der Waals surface area (Å²) in [4.78, 5) is 0. The highest BCUT2D eigenvalue weighted by molar-refractivity contribution is 9.11. The predicted molar refractivity (Wildman–Crippen MR) is 55.4 cm³/mol. The minimum Gasteiger partial charge on any atom is -0.396 e. The van der Waals surface area contributed by atoms with Gasteiger partial charge in [-0.05, 0) is 45.9 Å². The fourth-order valence-corrected chi connectivity index (χ4v) is 2.08. The van der Waals surface area contributed by atoms with Crippen molar-refractivity contribution in [2.24, 2.45) is 0 Å². The fourth-order valence-electron chi connectivity index (χ4n) is 0.875. The van der Waals surface area contributed by atoms with Gasteiger partial charge in [0.25, 0.3) is 0 Å². The maximum absolute atomic E-state index is 8.52. The van der Waals surface area contributed by atoms with Crippen LogP contribution in [0.5, 0.6) is 0 Å². The van der Waals surface area contributed by atoms with Crippen LogP contribution in [0.15, 0.2) is 15.2 Å². The molecule has 1 aromatic heterocycles. The van der Waals surface area contributed by atoms with Crippen molar-refractivity contribution in [1.29, 1.82) is 0 Å². The fraction of sp³-hybridized carbons (Fsp3) is 0.500. The molecule has 1 aromatic rings. The smallest absolute Gasteiger partial charge is 0.0701 e. The molecule has 12 heavy (non-hydrogen) atoms. The quantitative estimate of drug-likeness (QED) is 0.783. The van der Waals surface area contributed by atoms with Gasteiger partial charge in [0.05, 0.1) is 3.79 Å². The molecule has 0 fully saturated rings. The average Bonchev–Trinajstić information content (AvgIpc) is 2.45. The van der Waals surface area contributed by atoms with Crippen LogP contribution in [0.3, 0.4) is 0 Å². The van der Waals surface area contributed by atoms with Crippen LogP contribution in [-0.4, -0.2) is 18.3 Å². The number of aliphatic hydroxyl groups excluding tert-OH is 1. The molecule has 68 valence electrons. The third-order valence-electron chi connectivity index (χ3n) is 1.46. The van der Waals surface area contributed by atoms with E-state index in [0.717, 1.165) is 19.5 Å². The van der Waals surface area contributed by atoms with Gasteiger partial charge in [-0.15, -0.1) is 11.3 Å². The topological polar surface area (TPSA) is 32.3 Å². The molecule has 1 rings (SSSR count). The van der Waals surface area contributed by atoms with Gasteiger partial charge < -0.3 is 10.4 Å². The highest BCUT2D eigenvalue weighted by atomic mass is 79.9. The van der Waals surface area contributed by atoms with Gasteiger partial charge in [0, 0.05) is 13.2 Å². The van der Waals surface area contributed by atoms with Crippen LogP contribution in [0.25, 0.3) is 0 Å². The zero-order chi connectivity index (χ0) is 8.81. The SMILES string of the molecule is OCCCNCc1csc(Br)c1. The highest BCUT2D eigenvalue weighted by Gasteiger charge is 1.95. The van der Waals surface area contributed by atoms with Crippen LogP contribution >= 0.6 is 27.3 Å². The van der Waals surface area contributed by atoms with E-state index in [2.05, 4.69) is 32.7 Å². The second-order valence-electron chi connectivity index (χ2n) is 2.51.